The lowest BCUT2D eigenvalue weighted by atomic mass is 10.0. The van der Waals surface area contributed by atoms with Crippen LogP contribution in [0.2, 0.25) is 0 Å². The summed E-state index contributed by atoms with van der Waals surface area (Å²) in [6.07, 6.45) is 1.59. The van der Waals surface area contributed by atoms with Gasteiger partial charge >= 0.3 is 0 Å². The number of anilines is 3. The van der Waals surface area contributed by atoms with Crippen LogP contribution >= 0.6 is 11.8 Å². The standard InChI is InChI=1S/C25H29N5OS/c1-19(2)20-8-10-21(11-9-20)28-24(31)17-32-25-16-23(26-18-27-25)30-14-12-29(13-15-30)22-6-4-3-5-7-22/h3-11,16,18-19H,12-15,17H2,1-2H3,(H,28,31). The molecule has 1 aliphatic heterocycles. The highest BCUT2D eigenvalue weighted by Gasteiger charge is 2.19. The first-order chi connectivity index (χ1) is 15.6. The lowest BCUT2D eigenvalue weighted by Crippen LogP contribution is -2.46. The second kappa shape index (κ2) is 10.5. The number of carbonyl (C=O) groups is 1. The maximum Gasteiger partial charge on any atom is 0.234 e. The number of hydrogen-bond acceptors (Lipinski definition) is 6. The number of para-hydroxylation sites is 1. The molecule has 1 amide bonds. The molecule has 166 valence electrons. The second-order valence-corrected chi connectivity index (χ2v) is 9.13. The van der Waals surface area contributed by atoms with E-state index in [1.165, 1.54) is 23.0 Å². The van der Waals surface area contributed by atoms with E-state index in [1.54, 1.807) is 6.33 Å². The number of aromatic nitrogens is 2. The first-order valence-corrected chi connectivity index (χ1v) is 12.0. The summed E-state index contributed by atoms with van der Waals surface area (Å²) < 4.78 is 0. The predicted octanol–water partition coefficient (Wildman–Crippen LogP) is 4.66. The Balaban J connectivity index is 1.28. The Morgan fingerprint density at radius 1 is 0.969 bits per heavy atom. The van der Waals surface area contributed by atoms with Crippen LogP contribution in [0.1, 0.15) is 25.3 Å². The molecule has 0 saturated carbocycles. The molecular weight excluding hydrogens is 418 g/mol. The van der Waals surface area contributed by atoms with Crippen molar-refractivity contribution in [1.29, 1.82) is 0 Å². The van der Waals surface area contributed by atoms with E-state index in [0.29, 0.717) is 11.7 Å². The lowest BCUT2D eigenvalue weighted by molar-refractivity contribution is -0.113. The molecule has 1 saturated heterocycles. The van der Waals surface area contributed by atoms with Crippen LogP contribution in [0.4, 0.5) is 17.2 Å². The minimum atomic E-state index is -0.0380. The number of piperazine rings is 1. The quantitative estimate of drug-likeness (QED) is 0.420. The number of benzene rings is 2. The van der Waals surface area contributed by atoms with Crippen molar-refractivity contribution in [2.75, 3.05) is 47.0 Å². The van der Waals surface area contributed by atoms with Crippen molar-refractivity contribution in [3.05, 3.63) is 72.6 Å². The van der Waals surface area contributed by atoms with Crippen LogP contribution in [0, 0.1) is 0 Å². The van der Waals surface area contributed by atoms with Gasteiger partial charge < -0.3 is 15.1 Å². The number of thioether (sulfide) groups is 1. The highest BCUT2D eigenvalue weighted by atomic mass is 32.2. The van der Waals surface area contributed by atoms with Crippen molar-refractivity contribution in [2.45, 2.75) is 24.8 Å². The zero-order valence-electron chi connectivity index (χ0n) is 18.6. The van der Waals surface area contributed by atoms with E-state index in [4.69, 9.17) is 0 Å². The number of hydrogen-bond donors (Lipinski definition) is 1. The maximum absolute atomic E-state index is 12.4. The minimum absolute atomic E-state index is 0.0380. The fourth-order valence-electron chi connectivity index (χ4n) is 3.70. The summed E-state index contributed by atoms with van der Waals surface area (Å²) in [5.74, 6) is 1.66. The van der Waals surface area contributed by atoms with E-state index < -0.39 is 0 Å². The second-order valence-electron chi connectivity index (χ2n) is 8.14. The Morgan fingerprint density at radius 2 is 1.66 bits per heavy atom. The topological polar surface area (TPSA) is 61.4 Å². The van der Waals surface area contributed by atoms with Crippen LogP contribution in [-0.4, -0.2) is 47.8 Å². The molecule has 1 fully saturated rings. The molecule has 0 bridgehead atoms. The normalized spacial score (nSPS) is 14.0. The molecule has 0 spiro atoms. The summed E-state index contributed by atoms with van der Waals surface area (Å²) in [6.45, 7) is 8.03. The number of amides is 1. The van der Waals surface area contributed by atoms with Gasteiger partial charge in [0.05, 0.1) is 5.75 Å². The van der Waals surface area contributed by atoms with Gasteiger partial charge in [0, 0.05) is 43.6 Å². The van der Waals surface area contributed by atoms with Gasteiger partial charge in [0.25, 0.3) is 0 Å². The Kier molecular flexibility index (Phi) is 7.27. The van der Waals surface area contributed by atoms with E-state index in [1.807, 2.05) is 24.3 Å². The monoisotopic (exact) mass is 447 g/mol. The summed E-state index contributed by atoms with van der Waals surface area (Å²) in [6, 6.07) is 20.5. The Morgan fingerprint density at radius 3 is 2.34 bits per heavy atom. The van der Waals surface area contributed by atoms with Crippen LogP contribution in [0.25, 0.3) is 0 Å². The maximum atomic E-state index is 12.4. The van der Waals surface area contributed by atoms with Gasteiger partial charge in [-0.15, -0.1) is 0 Å². The van der Waals surface area contributed by atoms with Gasteiger partial charge in [-0.05, 0) is 35.7 Å². The molecule has 1 aliphatic rings. The molecule has 4 rings (SSSR count). The predicted molar refractivity (Wildman–Crippen MR) is 133 cm³/mol. The van der Waals surface area contributed by atoms with Crippen LogP contribution in [-0.2, 0) is 4.79 Å². The summed E-state index contributed by atoms with van der Waals surface area (Å²) in [5, 5.41) is 3.77. The van der Waals surface area contributed by atoms with Gasteiger partial charge in [-0.25, -0.2) is 9.97 Å². The van der Waals surface area contributed by atoms with Crippen molar-refractivity contribution in [3.63, 3.8) is 0 Å². The molecule has 3 aromatic rings. The Hall–Kier alpha value is -3.06. The fraction of sp³-hybridized carbons (Fsp3) is 0.320. The van der Waals surface area contributed by atoms with Crippen molar-refractivity contribution < 1.29 is 4.79 Å². The average Bonchev–Trinajstić information content (AvgIpc) is 2.84. The molecule has 1 N–H and O–H groups in total. The summed E-state index contributed by atoms with van der Waals surface area (Å²) in [5.41, 5.74) is 3.34. The number of nitrogens with one attached hydrogen (secondary N) is 1. The molecule has 32 heavy (non-hydrogen) atoms. The largest absolute Gasteiger partial charge is 0.368 e. The minimum Gasteiger partial charge on any atom is -0.368 e. The Labute approximate surface area is 194 Å². The molecular formula is C25H29N5OS. The van der Waals surface area contributed by atoms with E-state index >= 15 is 0 Å². The summed E-state index contributed by atoms with van der Waals surface area (Å²) in [7, 11) is 0. The van der Waals surface area contributed by atoms with Crippen molar-refractivity contribution in [3.8, 4) is 0 Å². The summed E-state index contributed by atoms with van der Waals surface area (Å²) in [4.78, 5) is 25.8. The number of nitrogens with zero attached hydrogens (tertiary/aromatic N) is 4. The van der Waals surface area contributed by atoms with E-state index in [9.17, 15) is 4.79 Å². The molecule has 0 radical (unpaired) electrons. The lowest BCUT2D eigenvalue weighted by Gasteiger charge is -2.36. The first kappa shape index (κ1) is 22.1. The zero-order chi connectivity index (χ0) is 22.3. The highest BCUT2D eigenvalue weighted by Crippen LogP contribution is 2.23. The van der Waals surface area contributed by atoms with E-state index in [2.05, 4.69) is 75.3 Å². The van der Waals surface area contributed by atoms with Crippen LogP contribution in [0.3, 0.4) is 0 Å². The zero-order valence-corrected chi connectivity index (χ0v) is 19.4. The first-order valence-electron chi connectivity index (χ1n) is 11.0. The third-order valence-electron chi connectivity index (χ3n) is 5.56. The van der Waals surface area contributed by atoms with Crippen LogP contribution in [0.5, 0.6) is 0 Å². The van der Waals surface area contributed by atoms with Gasteiger partial charge in [0.2, 0.25) is 5.91 Å². The average molecular weight is 448 g/mol. The molecule has 6 nitrogen and oxygen atoms in total. The van der Waals surface area contributed by atoms with Crippen molar-refractivity contribution in [1.82, 2.24) is 9.97 Å². The smallest absolute Gasteiger partial charge is 0.234 e. The summed E-state index contributed by atoms with van der Waals surface area (Å²) >= 11 is 1.43. The van der Waals surface area contributed by atoms with Gasteiger partial charge in [0.15, 0.2) is 0 Å². The van der Waals surface area contributed by atoms with Gasteiger partial charge in [-0.2, -0.15) is 0 Å². The Bertz CT molecular complexity index is 1020. The van der Waals surface area contributed by atoms with Crippen LogP contribution in [0.15, 0.2) is 72.0 Å². The molecule has 0 atom stereocenters. The van der Waals surface area contributed by atoms with Crippen LogP contribution < -0.4 is 15.1 Å². The third-order valence-corrected chi connectivity index (χ3v) is 6.49. The van der Waals surface area contributed by atoms with Crippen molar-refractivity contribution in [2.24, 2.45) is 0 Å². The van der Waals surface area contributed by atoms with Gasteiger partial charge in [-0.3, -0.25) is 4.79 Å². The third kappa shape index (κ3) is 5.79. The molecule has 1 aromatic heterocycles. The highest BCUT2D eigenvalue weighted by molar-refractivity contribution is 7.99. The molecule has 0 aliphatic carbocycles. The van der Waals surface area contributed by atoms with E-state index in [0.717, 1.165) is 42.7 Å². The number of carbonyl (C=O) groups excluding carboxylic acids is 1. The number of rotatable bonds is 7. The molecule has 2 aromatic carbocycles. The SMILES string of the molecule is CC(C)c1ccc(NC(=O)CSc2cc(N3CCN(c4ccccc4)CC3)ncn2)cc1. The molecule has 0 unspecified atom stereocenters. The van der Waals surface area contributed by atoms with E-state index in [-0.39, 0.29) is 5.91 Å². The van der Waals surface area contributed by atoms with Gasteiger partial charge in [0.1, 0.15) is 17.2 Å². The van der Waals surface area contributed by atoms with Gasteiger partial charge in [-0.1, -0.05) is 55.9 Å². The molecule has 2 heterocycles. The van der Waals surface area contributed by atoms with Crippen molar-refractivity contribution >= 4 is 34.9 Å². The molecule has 7 heteroatoms. The fourth-order valence-corrected chi connectivity index (χ4v) is 4.36.